The molecule has 0 saturated carbocycles. The van der Waals surface area contributed by atoms with Crippen molar-refractivity contribution in [3.63, 3.8) is 0 Å². The van der Waals surface area contributed by atoms with Crippen molar-refractivity contribution in [3.05, 3.63) is 4.33 Å². The molecule has 0 bridgehead atoms. The summed E-state index contributed by atoms with van der Waals surface area (Å²) in [5.74, 6) is 0. The van der Waals surface area contributed by atoms with E-state index in [0.29, 0.717) is 0 Å². The second-order valence-corrected chi connectivity index (χ2v) is 9.83. The molecule has 0 aromatic heterocycles. The molecule has 0 heterocycles. The third kappa shape index (κ3) is 5.88. The van der Waals surface area contributed by atoms with Crippen LogP contribution in [0.15, 0.2) is 0 Å². The Morgan fingerprint density at radius 2 is 1.67 bits per heavy atom. The third-order valence-electron chi connectivity index (χ3n) is 0.769. The molecule has 4 heteroatoms. The Balaban J connectivity index is 0. The van der Waals surface area contributed by atoms with E-state index in [1.807, 2.05) is 6.26 Å². The van der Waals surface area contributed by atoms with E-state index in [9.17, 15) is 0 Å². The van der Waals surface area contributed by atoms with Gasteiger partial charge in [-0.15, -0.1) is 0 Å². The number of hydrogen-bond donors (Lipinski definition) is 0. The maximum atomic E-state index is 5.88. The van der Waals surface area contributed by atoms with Crippen molar-refractivity contribution >= 4 is 31.4 Å². The van der Waals surface area contributed by atoms with E-state index in [4.69, 9.17) is 11.6 Å². The minimum Gasteiger partial charge on any atom is -0.338 e. The first kappa shape index (κ1) is 13.1. The Kier molecular flexibility index (Phi) is 7.48. The van der Waals surface area contributed by atoms with Crippen LogP contribution in [-0.4, -0.2) is 14.3 Å². The van der Waals surface area contributed by atoms with Gasteiger partial charge in [0.25, 0.3) is 0 Å². The largest absolute Gasteiger partial charge is 1.00 e. The molecule has 0 spiro atoms. The molecule has 0 N–H and O–H groups in total. The average molecular weight is 175 g/mol. The van der Waals surface area contributed by atoms with Crippen LogP contribution in [-0.2, 0) is 0 Å². The van der Waals surface area contributed by atoms with Gasteiger partial charge in [-0.2, -0.15) is 4.33 Å². The molecule has 0 aliphatic carbocycles. The molecule has 0 aromatic carbocycles. The van der Waals surface area contributed by atoms with Gasteiger partial charge in [0.2, 0.25) is 0 Å². The second-order valence-electron chi connectivity index (χ2n) is 2.73. The summed E-state index contributed by atoms with van der Waals surface area (Å²) >= 11 is 7.56. The van der Waals surface area contributed by atoms with E-state index in [-0.39, 0.29) is 18.9 Å². The summed E-state index contributed by atoms with van der Waals surface area (Å²) in [5.41, 5.74) is 0. The van der Waals surface area contributed by atoms with Crippen LogP contribution in [0.5, 0.6) is 0 Å². The third-order valence-corrected chi connectivity index (χ3v) is 6.92. The SMILES string of the molecule is CS[C-](Cl)[Si](C)(C)C.[Li+]. The van der Waals surface area contributed by atoms with Gasteiger partial charge < -0.3 is 23.4 Å². The molecule has 0 amide bonds. The zero-order valence-electron chi connectivity index (χ0n) is 6.79. The van der Waals surface area contributed by atoms with E-state index in [0.717, 1.165) is 4.33 Å². The van der Waals surface area contributed by atoms with Gasteiger partial charge in [-0.05, 0) is 6.26 Å². The van der Waals surface area contributed by atoms with Crippen LogP contribution in [0.25, 0.3) is 0 Å². The molecule has 0 rings (SSSR count). The summed E-state index contributed by atoms with van der Waals surface area (Å²) in [6, 6.07) is 0. The molecule has 9 heavy (non-hydrogen) atoms. The minimum atomic E-state index is -1.12. The fourth-order valence-electron chi connectivity index (χ4n) is 0.306. The van der Waals surface area contributed by atoms with Crippen LogP contribution < -0.4 is 18.9 Å². The summed E-state index contributed by atoms with van der Waals surface area (Å²) in [6.07, 6.45) is 2.03. The van der Waals surface area contributed by atoms with Crippen molar-refractivity contribution < 1.29 is 18.9 Å². The Morgan fingerprint density at radius 3 is 1.67 bits per heavy atom. The predicted octanol–water partition coefficient (Wildman–Crippen LogP) is -0.0409. The van der Waals surface area contributed by atoms with Crippen LogP contribution in [0.4, 0.5) is 0 Å². The molecule has 0 aliphatic heterocycles. The Labute approximate surface area is 80.3 Å². The van der Waals surface area contributed by atoms with Crippen LogP contribution in [0, 0.1) is 4.33 Å². The standard InChI is InChI=1S/C5H12ClSSi.Li/c1-7-5(6)8(2,3)4;/h1-4H3;/q-1;+1. The van der Waals surface area contributed by atoms with Crippen molar-refractivity contribution in [2.45, 2.75) is 19.6 Å². The number of hydrogen-bond acceptors (Lipinski definition) is 1. The van der Waals surface area contributed by atoms with Gasteiger partial charge in [0.1, 0.15) is 0 Å². The summed E-state index contributed by atoms with van der Waals surface area (Å²) in [5, 5.41) is 0. The van der Waals surface area contributed by atoms with E-state index in [1.54, 1.807) is 11.8 Å². The Bertz CT molecular complexity index is 73.8. The molecule has 0 aliphatic rings. The van der Waals surface area contributed by atoms with Gasteiger partial charge in [-0.25, -0.2) is 0 Å². The number of rotatable bonds is 2. The Morgan fingerprint density at radius 1 is 1.33 bits per heavy atom. The first-order chi connectivity index (χ1) is 3.48. The van der Waals surface area contributed by atoms with Gasteiger partial charge in [-0.1, -0.05) is 27.7 Å². The number of thioether (sulfide) groups is 1. The van der Waals surface area contributed by atoms with E-state index < -0.39 is 8.07 Å². The summed E-state index contributed by atoms with van der Waals surface area (Å²) < 4.78 is 1.11. The molecule has 0 saturated heterocycles. The van der Waals surface area contributed by atoms with E-state index in [2.05, 4.69) is 19.6 Å². The molecule has 0 atom stereocenters. The monoisotopic (exact) mass is 174 g/mol. The fraction of sp³-hybridized carbons (Fsp3) is 0.800. The zero-order chi connectivity index (χ0) is 6.78. The van der Waals surface area contributed by atoms with Crippen molar-refractivity contribution in [3.8, 4) is 0 Å². The molecule has 0 unspecified atom stereocenters. The predicted molar refractivity (Wildman–Crippen MR) is 46.0 cm³/mol. The first-order valence-electron chi connectivity index (χ1n) is 2.55. The van der Waals surface area contributed by atoms with Gasteiger partial charge in [-0.3, -0.25) is 0 Å². The van der Waals surface area contributed by atoms with Gasteiger partial charge >= 0.3 is 18.9 Å². The molecular formula is C5H12ClLiSSi. The average Bonchev–Trinajstić information content (AvgIpc) is 1.62. The second kappa shape index (κ2) is 5.15. The normalized spacial score (nSPS) is 11.3. The fourth-order valence-corrected chi connectivity index (χ4v) is 2.76. The van der Waals surface area contributed by atoms with Crippen LogP contribution in [0.3, 0.4) is 0 Å². The molecule has 0 aromatic rings. The maximum Gasteiger partial charge on any atom is 1.00 e. The Hall–Kier alpha value is 1.45. The van der Waals surface area contributed by atoms with Gasteiger partial charge in [0, 0.05) is 0 Å². The van der Waals surface area contributed by atoms with Crippen LogP contribution >= 0.6 is 23.4 Å². The van der Waals surface area contributed by atoms with E-state index in [1.165, 1.54) is 0 Å². The molecule has 0 radical (unpaired) electrons. The van der Waals surface area contributed by atoms with Crippen molar-refractivity contribution in [1.82, 2.24) is 0 Å². The van der Waals surface area contributed by atoms with Gasteiger partial charge in [0.15, 0.2) is 0 Å². The number of halogens is 1. The van der Waals surface area contributed by atoms with Crippen molar-refractivity contribution in [1.29, 1.82) is 0 Å². The summed E-state index contributed by atoms with van der Waals surface area (Å²) in [4.78, 5) is 0. The molecule has 50 valence electrons. The topological polar surface area (TPSA) is 0 Å². The van der Waals surface area contributed by atoms with Crippen LogP contribution in [0.1, 0.15) is 0 Å². The first-order valence-corrected chi connectivity index (χ1v) is 7.65. The molecule has 0 fully saturated rings. The van der Waals surface area contributed by atoms with Crippen LogP contribution in [0.2, 0.25) is 19.6 Å². The molecule has 0 nitrogen and oxygen atoms in total. The smallest absolute Gasteiger partial charge is 0.338 e. The zero-order valence-corrected chi connectivity index (χ0v) is 9.36. The van der Waals surface area contributed by atoms with Crippen molar-refractivity contribution in [2.24, 2.45) is 0 Å². The molecular weight excluding hydrogens is 163 g/mol. The quantitative estimate of drug-likeness (QED) is 0.418. The maximum absolute atomic E-state index is 5.88. The summed E-state index contributed by atoms with van der Waals surface area (Å²) in [6.45, 7) is 6.73. The summed E-state index contributed by atoms with van der Waals surface area (Å²) in [7, 11) is -1.12. The van der Waals surface area contributed by atoms with Crippen molar-refractivity contribution in [2.75, 3.05) is 6.26 Å². The minimum absolute atomic E-state index is 0. The van der Waals surface area contributed by atoms with E-state index >= 15 is 0 Å². The van der Waals surface area contributed by atoms with Gasteiger partial charge in [0.05, 0.1) is 0 Å².